The molecule has 128 valence electrons. The highest BCUT2D eigenvalue weighted by Gasteiger charge is 2.46. The Balaban J connectivity index is 1.99. The first-order valence-electron chi connectivity index (χ1n) is 7.35. The summed E-state index contributed by atoms with van der Waals surface area (Å²) in [6, 6.07) is 4.89. The molecule has 0 aliphatic heterocycles. The van der Waals surface area contributed by atoms with Gasteiger partial charge in [0.15, 0.2) is 0 Å². The van der Waals surface area contributed by atoms with E-state index in [9.17, 15) is 22.2 Å². The average Bonchev–Trinajstić information content (AvgIpc) is 3.24. The monoisotopic (exact) mass is 347 g/mol. The summed E-state index contributed by atoms with van der Waals surface area (Å²) in [5.41, 5.74) is 0.0809. The van der Waals surface area contributed by atoms with Gasteiger partial charge in [-0.15, -0.1) is 0 Å². The lowest BCUT2D eigenvalue weighted by molar-refractivity contribution is -0.137. The predicted molar refractivity (Wildman–Crippen MR) is 83.5 cm³/mol. The van der Waals surface area contributed by atoms with Gasteiger partial charge in [0.05, 0.1) is 5.56 Å². The molecule has 0 N–H and O–H groups in total. The van der Waals surface area contributed by atoms with E-state index >= 15 is 0 Å². The molecule has 2 rings (SSSR count). The number of carbonyl (C=O) groups is 1. The third kappa shape index (κ3) is 4.34. The van der Waals surface area contributed by atoms with Crippen LogP contribution in [0.15, 0.2) is 24.3 Å². The van der Waals surface area contributed by atoms with Crippen molar-refractivity contribution in [2.24, 2.45) is 5.92 Å². The molecule has 1 aliphatic carbocycles. The molecule has 1 aromatic rings. The van der Waals surface area contributed by atoms with E-state index in [0.717, 1.165) is 17.7 Å². The molecule has 4 atom stereocenters. The zero-order chi connectivity index (χ0) is 17.4. The van der Waals surface area contributed by atoms with E-state index in [1.807, 2.05) is 6.92 Å². The Morgan fingerprint density at radius 2 is 1.91 bits per heavy atom. The second-order valence-electron chi connectivity index (χ2n) is 6.11. The number of nitrogens with zero attached hydrogens (tertiary/aromatic N) is 1. The molecule has 0 spiro atoms. The van der Waals surface area contributed by atoms with Crippen LogP contribution in [0.2, 0.25) is 0 Å². The van der Waals surface area contributed by atoms with Gasteiger partial charge in [0.25, 0.3) is 0 Å². The fourth-order valence-electron chi connectivity index (χ4n) is 2.69. The molecule has 1 aliphatic rings. The molecule has 0 bridgehead atoms. The summed E-state index contributed by atoms with van der Waals surface area (Å²) in [6.45, 7) is 1.84. The van der Waals surface area contributed by atoms with E-state index < -0.39 is 22.5 Å². The number of carbonyl (C=O) groups excluding carboxylic acids is 1. The van der Waals surface area contributed by atoms with E-state index in [0.29, 0.717) is 12.2 Å². The van der Waals surface area contributed by atoms with Crippen molar-refractivity contribution in [3.63, 3.8) is 0 Å². The predicted octanol–water partition coefficient (Wildman–Crippen LogP) is 3.03. The van der Waals surface area contributed by atoms with Gasteiger partial charge in [0.1, 0.15) is 0 Å². The number of halogens is 3. The van der Waals surface area contributed by atoms with Crippen molar-refractivity contribution in [2.45, 2.75) is 31.5 Å². The molecule has 0 aromatic heterocycles. The number of amides is 1. The van der Waals surface area contributed by atoms with Gasteiger partial charge < -0.3 is 4.90 Å². The van der Waals surface area contributed by atoms with Crippen LogP contribution in [0.3, 0.4) is 0 Å². The number of hydrogen-bond acceptors (Lipinski definition) is 2. The summed E-state index contributed by atoms with van der Waals surface area (Å²) in [6.07, 6.45) is -2.10. The molecule has 1 fully saturated rings. The summed E-state index contributed by atoms with van der Waals surface area (Å²) in [5, 5.41) is 0. The SMILES string of the molecule is C[C@H](C[S@](C)=O)N(C)C(=O)[C@H]1C[C@@H]1c1ccc(C(F)(F)F)cc1. The average molecular weight is 347 g/mol. The second-order valence-corrected chi connectivity index (χ2v) is 7.59. The van der Waals surface area contributed by atoms with Crippen molar-refractivity contribution in [1.29, 1.82) is 0 Å². The summed E-state index contributed by atoms with van der Waals surface area (Å²) < 4.78 is 48.9. The van der Waals surface area contributed by atoms with Gasteiger partial charge in [-0.05, 0) is 37.0 Å². The maximum Gasteiger partial charge on any atom is 0.416 e. The van der Waals surface area contributed by atoms with Crippen LogP contribution in [0.4, 0.5) is 13.2 Å². The molecule has 0 radical (unpaired) electrons. The van der Waals surface area contributed by atoms with Crippen molar-refractivity contribution in [3.05, 3.63) is 35.4 Å². The van der Waals surface area contributed by atoms with E-state index in [1.165, 1.54) is 12.1 Å². The molecule has 0 saturated heterocycles. The number of alkyl halides is 3. The van der Waals surface area contributed by atoms with Crippen molar-refractivity contribution in [2.75, 3.05) is 19.1 Å². The highest BCUT2D eigenvalue weighted by Crippen LogP contribution is 2.48. The minimum absolute atomic E-state index is 0.0217. The van der Waals surface area contributed by atoms with Gasteiger partial charge in [-0.1, -0.05) is 12.1 Å². The molecule has 1 amide bonds. The standard InChI is InChI=1S/C16H20F3NO2S/c1-10(9-23(3)22)20(2)15(21)14-8-13(14)11-4-6-12(7-5-11)16(17,18)19/h4-7,10,13-14H,8-9H2,1-3H3/t10-,13-,14+,23+/m1/s1. The summed E-state index contributed by atoms with van der Waals surface area (Å²) in [4.78, 5) is 14.0. The Kier molecular flexibility index (Phi) is 5.18. The third-order valence-corrected chi connectivity index (χ3v) is 5.21. The van der Waals surface area contributed by atoms with Crippen LogP contribution in [0.5, 0.6) is 0 Å². The Hall–Kier alpha value is -1.37. The van der Waals surface area contributed by atoms with Crippen molar-refractivity contribution in [1.82, 2.24) is 4.90 Å². The molecule has 7 heteroatoms. The highest BCUT2D eigenvalue weighted by atomic mass is 32.2. The van der Waals surface area contributed by atoms with Crippen LogP contribution in [0.1, 0.15) is 30.4 Å². The lowest BCUT2D eigenvalue weighted by Gasteiger charge is -2.24. The van der Waals surface area contributed by atoms with E-state index in [2.05, 4.69) is 0 Å². The first-order valence-corrected chi connectivity index (χ1v) is 9.08. The topological polar surface area (TPSA) is 37.4 Å². The quantitative estimate of drug-likeness (QED) is 0.821. The normalized spacial score (nSPS) is 23.2. The molecular weight excluding hydrogens is 327 g/mol. The largest absolute Gasteiger partial charge is 0.416 e. The van der Waals surface area contributed by atoms with Crippen LogP contribution in [0.25, 0.3) is 0 Å². The van der Waals surface area contributed by atoms with Gasteiger partial charge in [-0.3, -0.25) is 9.00 Å². The fraction of sp³-hybridized carbons (Fsp3) is 0.562. The Bertz CT molecular complexity index is 600. The second kappa shape index (κ2) is 6.63. The number of rotatable bonds is 5. The summed E-state index contributed by atoms with van der Waals surface area (Å²) in [7, 11) is 0.701. The van der Waals surface area contributed by atoms with Crippen LogP contribution in [0, 0.1) is 5.92 Å². The van der Waals surface area contributed by atoms with Crippen molar-refractivity contribution < 1.29 is 22.2 Å². The fourth-order valence-corrected chi connectivity index (χ4v) is 3.59. The summed E-state index contributed by atoms with van der Waals surface area (Å²) >= 11 is 0. The zero-order valence-electron chi connectivity index (χ0n) is 13.3. The zero-order valence-corrected chi connectivity index (χ0v) is 14.1. The first kappa shape index (κ1) is 18.0. The van der Waals surface area contributed by atoms with Gasteiger partial charge >= 0.3 is 6.18 Å². The molecule has 0 heterocycles. The van der Waals surface area contributed by atoms with Gasteiger partial charge in [0, 0.05) is 41.8 Å². The maximum absolute atomic E-state index is 12.6. The van der Waals surface area contributed by atoms with Crippen LogP contribution in [-0.4, -0.2) is 40.1 Å². The molecular formula is C16H20F3NO2S. The van der Waals surface area contributed by atoms with Crippen LogP contribution in [-0.2, 0) is 21.8 Å². The van der Waals surface area contributed by atoms with Gasteiger partial charge in [0.2, 0.25) is 5.91 Å². The third-order valence-electron chi connectivity index (χ3n) is 4.26. The maximum atomic E-state index is 12.6. The molecule has 23 heavy (non-hydrogen) atoms. The minimum atomic E-state index is -4.34. The summed E-state index contributed by atoms with van der Waals surface area (Å²) in [5.74, 6) is 0.170. The Labute approximate surface area is 136 Å². The van der Waals surface area contributed by atoms with E-state index in [-0.39, 0.29) is 23.8 Å². The molecule has 1 aromatic carbocycles. The van der Waals surface area contributed by atoms with E-state index in [4.69, 9.17) is 0 Å². The lowest BCUT2D eigenvalue weighted by Crippen LogP contribution is -2.39. The number of benzene rings is 1. The lowest BCUT2D eigenvalue weighted by atomic mass is 10.1. The molecule has 0 unspecified atom stereocenters. The minimum Gasteiger partial charge on any atom is -0.342 e. The van der Waals surface area contributed by atoms with Crippen molar-refractivity contribution in [3.8, 4) is 0 Å². The van der Waals surface area contributed by atoms with Crippen LogP contribution < -0.4 is 0 Å². The Morgan fingerprint density at radius 3 is 2.39 bits per heavy atom. The first-order chi connectivity index (χ1) is 10.6. The highest BCUT2D eigenvalue weighted by molar-refractivity contribution is 7.84. The molecule has 1 saturated carbocycles. The van der Waals surface area contributed by atoms with Gasteiger partial charge in [-0.25, -0.2) is 0 Å². The molecule has 3 nitrogen and oxygen atoms in total. The number of hydrogen-bond donors (Lipinski definition) is 0. The smallest absolute Gasteiger partial charge is 0.342 e. The Morgan fingerprint density at radius 1 is 1.35 bits per heavy atom. The van der Waals surface area contributed by atoms with Crippen molar-refractivity contribution >= 4 is 16.7 Å². The van der Waals surface area contributed by atoms with Gasteiger partial charge in [-0.2, -0.15) is 13.2 Å². The van der Waals surface area contributed by atoms with E-state index in [1.54, 1.807) is 18.2 Å². The van der Waals surface area contributed by atoms with Crippen LogP contribution >= 0.6 is 0 Å².